The monoisotopic (exact) mass is 379 g/mol. The van der Waals surface area contributed by atoms with Crippen LogP contribution in [0.2, 0.25) is 0 Å². The number of carbonyl (C=O) groups excluding carboxylic acids is 2. The predicted octanol–water partition coefficient (Wildman–Crippen LogP) is 2.70. The lowest BCUT2D eigenvalue weighted by molar-refractivity contribution is -0.384. The summed E-state index contributed by atoms with van der Waals surface area (Å²) in [5, 5.41) is 16.7. The minimum absolute atomic E-state index is 0.125. The third-order valence-electron chi connectivity index (χ3n) is 4.27. The third kappa shape index (κ3) is 3.58. The number of nitro benzene ring substituents is 1. The number of hydrogen-bond donors (Lipinski definition) is 2. The van der Waals surface area contributed by atoms with Crippen molar-refractivity contribution in [2.45, 2.75) is 6.92 Å². The molecule has 3 aromatic rings. The van der Waals surface area contributed by atoms with E-state index in [0.717, 1.165) is 0 Å². The van der Waals surface area contributed by atoms with E-state index < -0.39 is 10.8 Å². The fourth-order valence-electron chi connectivity index (χ4n) is 2.78. The molecule has 0 saturated heterocycles. The Hall–Kier alpha value is -4.01. The first-order valence-corrected chi connectivity index (χ1v) is 8.32. The van der Waals surface area contributed by atoms with Crippen molar-refractivity contribution >= 4 is 23.2 Å². The zero-order valence-electron chi connectivity index (χ0n) is 15.2. The molecule has 1 heterocycles. The Bertz CT molecular complexity index is 1060. The van der Waals surface area contributed by atoms with Crippen LogP contribution in [0.25, 0.3) is 5.69 Å². The van der Waals surface area contributed by atoms with Crippen LogP contribution < -0.4 is 10.6 Å². The van der Waals surface area contributed by atoms with Gasteiger partial charge in [-0.15, -0.1) is 0 Å². The summed E-state index contributed by atoms with van der Waals surface area (Å²) in [7, 11) is 1.52. The van der Waals surface area contributed by atoms with Crippen LogP contribution in [-0.2, 0) is 0 Å². The minimum Gasteiger partial charge on any atom is -0.355 e. The zero-order valence-corrected chi connectivity index (χ0v) is 15.2. The maximum absolute atomic E-state index is 12.6. The maximum atomic E-state index is 12.6. The van der Waals surface area contributed by atoms with Crippen LogP contribution >= 0.6 is 0 Å². The topological polar surface area (TPSA) is 119 Å². The fraction of sp³-hybridized carbons (Fsp3) is 0.105. The van der Waals surface area contributed by atoms with Crippen molar-refractivity contribution in [3.8, 4) is 5.69 Å². The Morgan fingerprint density at radius 3 is 2.61 bits per heavy atom. The van der Waals surface area contributed by atoms with Gasteiger partial charge >= 0.3 is 0 Å². The van der Waals surface area contributed by atoms with E-state index in [-0.39, 0.29) is 17.2 Å². The number of imidazole rings is 1. The Morgan fingerprint density at radius 2 is 1.96 bits per heavy atom. The Balaban J connectivity index is 1.93. The van der Waals surface area contributed by atoms with Gasteiger partial charge in [-0.25, -0.2) is 4.98 Å². The van der Waals surface area contributed by atoms with E-state index in [9.17, 15) is 19.7 Å². The predicted molar refractivity (Wildman–Crippen MR) is 103 cm³/mol. The van der Waals surface area contributed by atoms with E-state index in [1.165, 1.54) is 42.3 Å². The van der Waals surface area contributed by atoms with E-state index in [0.29, 0.717) is 22.5 Å². The molecular formula is C19H17N5O4. The van der Waals surface area contributed by atoms with Crippen molar-refractivity contribution in [2.24, 2.45) is 0 Å². The third-order valence-corrected chi connectivity index (χ3v) is 4.27. The number of amides is 2. The Labute approximate surface area is 160 Å². The highest BCUT2D eigenvalue weighted by molar-refractivity contribution is 6.06. The van der Waals surface area contributed by atoms with Gasteiger partial charge in [0.1, 0.15) is 5.69 Å². The van der Waals surface area contributed by atoms with Gasteiger partial charge in [0, 0.05) is 42.3 Å². The number of rotatable bonds is 5. The molecule has 0 aliphatic rings. The van der Waals surface area contributed by atoms with Crippen LogP contribution in [0.4, 0.5) is 11.4 Å². The summed E-state index contributed by atoms with van der Waals surface area (Å²) in [6.07, 6.45) is 4.53. The van der Waals surface area contributed by atoms with Crippen LogP contribution in [0, 0.1) is 17.0 Å². The molecule has 0 unspecified atom stereocenters. The van der Waals surface area contributed by atoms with Crippen LogP contribution in [-0.4, -0.2) is 33.3 Å². The van der Waals surface area contributed by atoms with Gasteiger partial charge in [0.15, 0.2) is 0 Å². The lowest BCUT2D eigenvalue weighted by Gasteiger charge is -2.12. The number of nitro groups is 1. The second-order valence-corrected chi connectivity index (χ2v) is 5.94. The summed E-state index contributed by atoms with van der Waals surface area (Å²) < 4.78 is 1.50. The van der Waals surface area contributed by atoms with Crippen molar-refractivity contribution in [1.29, 1.82) is 0 Å². The van der Waals surface area contributed by atoms with E-state index in [1.54, 1.807) is 31.3 Å². The largest absolute Gasteiger partial charge is 0.355 e. The first-order valence-electron chi connectivity index (χ1n) is 8.32. The molecule has 2 aromatic carbocycles. The minimum atomic E-state index is -0.552. The molecule has 3 rings (SSSR count). The average Bonchev–Trinajstić information content (AvgIpc) is 3.23. The molecular weight excluding hydrogens is 362 g/mol. The van der Waals surface area contributed by atoms with Gasteiger partial charge in [-0.2, -0.15) is 0 Å². The van der Waals surface area contributed by atoms with Crippen molar-refractivity contribution < 1.29 is 14.5 Å². The molecule has 9 heteroatoms. The van der Waals surface area contributed by atoms with Crippen molar-refractivity contribution in [1.82, 2.24) is 14.9 Å². The van der Waals surface area contributed by atoms with Crippen molar-refractivity contribution in [3.05, 3.63) is 81.9 Å². The van der Waals surface area contributed by atoms with E-state index >= 15 is 0 Å². The first-order chi connectivity index (χ1) is 13.4. The highest BCUT2D eigenvalue weighted by atomic mass is 16.6. The smallest absolute Gasteiger partial charge is 0.294 e. The molecule has 2 amide bonds. The molecule has 0 fully saturated rings. The molecule has 2 N–H and O–H groups in total. The molecule has 0 saturated carbocycles. The van der Waals surface area contributed by atoms with E-state index in [2.05, 4.69) is 15.6 Å². The van der Waals surface area contributed by atoms with Gasteiger partial charge in [0.2, 0.25) is 0 Å². The van der Waals surface area contributed by atoms with Crippen LogP contribution in [0.1, 0.15) is 26.3 Å². The highest BCUT2D eigenvalue weighted by Gasteiger charge is 2.20. The molecule has 9 nitrogen and oxygen atoms in total. The second kappa shape index (κ2) is 7.70. The second-order valence-electron chi connectivity index (χ2n) is 5.94. The van der Waals surface area contributed by atoms with Crippen molar-refractivity contribution in [3.63, 3.8) is 0 Å². The van der Waals surface area contributed by atoms with Gasteiger partial charge in [-0.05, 0) is 36.8 Å². The van der Waals surface area contributed by atoms with Gasteiger partial charge in [-0.1, -0.05) is 6.07 Å². The van der Waals surface area contributed by atoms with Gasteiger partial charge in [0.25, 0.3) is 17.5 Å². The number of aromatic nitrogens is 2. The van der Waals surface area contributed by atoms with E-state index in [1.807, 2.05) is 0 Å². The summed E-state index contributed by atoms with van der Waals surface area (Å²) in [6.45, 7) is 1.71. The normalized spacial score (nSPS) is 10.4. The lowest BCUT2D eigenvalue weighted by Crippen LogP contribution is -2.20. The number of carbonyl (C=O) groups is 2. The Morgan fingerprint density at radius 1 is 1.18 bits per heavy atom. The standard InChI is InChI=1S/C19H17N5O4/c1-12-14(19(26)20-2)4-3-5-15(12)22-18(25)13-6-7-16(17(10-13)24(27)28)23-9-8-21-11-23/h3-11H,1-2H3,(H,20,26)(H,22,25). The number of hydrogen-bond acceptors (Lipinski definition) is 5. The van der Waals surface area contributed by atoms with Crippen LogP contribution in [0.15, 0.2) is 55.1 Å². The van der Waals surface area contributed by atoms with Gasteiger partial charge in [-0.3, -0.25) is 19.7 Å². The molecule has 0 bridgehead atoms. The van der Waals surface area contributed by atoms with Crippen LogP contribution in [0.5, 0.6) is 0 Å². The van der Waals surface area contributed by atoms with Gasteiger partial charge < -0.3 is 15.2 Å². The van der Waals surface area contributed by atoms with Crippen LogP contribution in [0.3, 0.4) is 0 Å². The summed E-state index contributed by atoms with van der Waals surface area (Å²) in [6, 6.07) is 9.15. The van der Waals surface area contributed by atoms with Crippen molar-refractivity contribution in [2.75, 3.05) is 12.4 Å². The molecule has 0 spiro atoms. The molecule has 1 aromatic heterocycles. The number of benzene rings is 2. The lowest BCUT2D eigenvalue weighted by atomic mass is 10.1. The number of nitrogens with one attached hydrogen (secondary N) is 2. The first kappa shape index (κ1) is 18.8. The average molecular weight is 379 g/mol. The SMILES string of the molecule is CNC(=O)c1cccc(NC(=O)c2ccc(-n3ccnc3)c([N+](=O)[O-])c2)c1C. The quantitative estimate of drug-likeness (QED) is 0.522. The number of anilines is 1. The molecule has 0 aliphatic carbocycles. The summed E-state index contributed by atoms with van der Waals surface area (Å²) in [4.78, 5) is 39.3. The van der Waals surface area contributed by atoms with E-state index in [4.69, 9.17) is 0 Å². The molecule has 142 valence electrons. The van der Waals surface area contributed by atoms with Gasteiger partial charge in [0.05, 0.1) is 11.3 Å². The fourth-order valence-corrected chi connectivity index (χ4v) is 2.78. The summed E-state index contributed by atoms with van der Waals surface area (Å²) in [5.74, 6) is -0.786. The molecule has 28 heavy (non-hydrogen) atoms. The summed E-state index contributed by atoms with van der Waals surface area (Å²) >= 11 is 0. The summed E-state index contributed by atoms with van der Waals surface area (Å²) in [5.41, 5.74) is 1.69. The zero-order chi connectivity index (χ0) is 20.3. The molecule has 0 radical (unpaired) electrons. The molecule has 0 atom stereocenters. The molecule has 0 aliphatic heterocycles. The highest BCUT2D eigenvalue weighted by Crippen LogP contribution is 2.25. The Kier molecular flexibility index (Phi) is 5.16. The maximum Gasteiger partial charge on any atom is 0.294 e. The number of nitrogens with zero attached hydrogens (tertiary/aromatic N) is 3.